The number of nitrogens with zero attached hydrogens (tertiary/aromatic N) is 4. The zero-order valence-corrected chi connectivity index (χ0v) is 18.6. The van der Waals surface area contributed by atoms with E-state index in [1.54, 1.807) is 18.2 Å². The summed E-state index contributed by atoms with van der Waals surface area (Å²) in [6.45, 7) is -0.495. The summed E-state index contributed by atoms with van der Waals surface area (Å²) in [5.41, 5.74) is 1.41. The van der Waals surface area contributed by atoms with Crippen molar-refractivity contribution < 1.29 is 32.6 Å². The van der Waals surface area contributed by atoms with E-state index in [0.29, 0.717) is 16.3 Å². The van der Waals surface area contributed by atoms with Crippen molar-refractivity contribution >= 4 is 11.6 Å². The Morgan fingerprint density at radius 1 is 1.11 bits per heavy atom. The Hall–Kier alpha value is -3.25. The van der Waals surface area contributed by atoms with E-state index in [0.717, 1.165) is 17.7 Å². The predicted octanol–water partition coefficient (Wildman–Crippen LogP) is 4.10. The third kappa shape index (κ3) is 4.43. The minimum atomic E-state index is -1.59. The van der Waals surface area contributed by atoms with Crippen LogP contribution in [0.4, 0.5) is 13.2 Å². The van der Waals surface area contributed by atoms with Crippen LogP contribution in [0.2, 0.25) is 5.02 Å². The molecule has 12 heteroatoms. The molecule has 4 aromatic rings. The van der Waals surface area contributed by atoms with E-state index < -0.39 is 48.4 Å². The highest BCUT2D eigenvalue weighted by molar-refractivity contribution is 6.30. The maximum Gasteiger partial charge on any atom is 0.194 e. The van der Waals surface area contributed by atoms with Gasteiger partial charge in [0.2, 0.25) is 0 Å². The maximum atomic E-state index is 13.7. The van der Waals surface area contributed by atoms with Crippen molar-refractivity contribution in [2.45, 2.75) is 30.8 Å². The minimum absolute atomic E-state index is 0.0251. The molecule has 3 heterocycles. The van der Waals surface area contributed by atoms with Gasteiger partial charge in [-0.3, -0.25) is 0 Å². The second-order valence-corrected chi connectivity index (χ2v) is 8.53. The van der Waals surface area contributed by atoms with E-state index in [2.05, 4.69) is 15.5 Å². The summed E-state index contributed by atoms with van der Waals surface area (Å²) in [5, 5.41) is 32.9. The Kier molecular flexibility index (Phi) is 6.32. The van der Waals surface area contributed by atoms with Crippen molar-refractivity contribution in [3.05, 3.63) is 77.0 Å². The van der Waals surface area contributed by atoms with E-state index in [1.807, 2.05) is 6.07 Å². The zero-order chi connectivity index (χ0) is 24.7. The summed E-state index contributed by atoms with van der Waals surface area (Å²) in [4.78, 5) is 0. The first-order valence-electron chi connectivity index (χ1n) is 10.6. The van der Waals surface area contributed by atoms with Gasteiger partial charge in [-0.15, -0.1) is 5.10 Å². The van der Waals surface area contributed by atoms with Gasteiger partial charge in [0.1, 0.15) is 24.0 Å². The lowest BCUT2D eigenvalue weighted by Gasteiger charge is -2.37. The molecular weight excluding hydrogens is 489 g/mol. The van der Waals surface area contributed by atoms with E-state index in [9.17, 15) is 23.4 Å². The van der Waals surface area contributed by atoms with Gasteiger partial charge in [0.25, 0.3) is 0 Å². The number of aliphatic hydroxyl groups excluding tert-OH is 2. The Morgan fingerprint density at radius 2 is 1.89 bits per heavy atom. The topological polar surface area (TPSA) is 106 Å². The molecule has 5 rings (SSSR count). The normalized spacial score (nSPS) is 22.5. The lowest BCUT2D eigenvalue weighted by molar-refractivity contribution is -0.163. The molecule has 2 aromatic carbocycles. The minimum Gasteiger partial charge on any atom is -0.394 e. The van der Waals surface area contributed by atoms with Gasteiger partial charge in [0.15, 0.2) is 23.2 Å². The second kappa shape index (κ2) is 9.42. The Labute approximate surface area is 201 Å². The number of hydrogen-bond acceptors (Lipinski definition) is 7. The molecule has 182 valence electrons. The molecule has 0 amide bonds. The number of ether oxygens (including phenoxy) is 1. The fraction of sp³-hybridized carbons (Fsp3) is 0.261. The van der Waals surface area contributed by atoms with Crippen LogP contribution in [0.5, 0.6) is 0 Å². The van der Waals surface area contributed by atoms with Gasteiger partial charge in [-0.05, 0) is 29.8 Å². The smallest absolute Gasteiger partial charge is 0.194 e. The van der Waals surface area contributed by atoms with Crippen molar-refractivity contribution in [2.24, 2.45) is 0 Å². The first-order chi connectivity index (χ1) is 16.9. The molecular formula is C23H18ClF3N4O4. The highest BCUT2D eigenvalue weighted by Gasteiger charge is 2.42. The van der Waals surface area contributed by atoms with Crippen LogP contribution in [0, 0.1) is 17.5 Å². The Bertz CT molecular complexity index is 1340. The molecule has 8 nitrogen and oxygen atoms in total. The third-order valence-electron chi connectivity index (χ3n) is 5.91. The molecule has 2 aromatic heterocycles. The molecule has 4 atom stereocenters. The van der Waals surface area contributed by atoms with Crippen LogP contribution in [0.1, 0.15) is 24.3 Å². The molecule has 1 saturated heterocycles. The molecule has 1 fully saturated rings. The monoisotopic (exact) mass is 506 g/mol. The van der Waals surface area contributed by atoms with Crippen LogP contribution in [-0.2, 0) is 4.74 Å². The molecule has 0 saturated carbocycles. The van der Waals surface area contributed by atoms with Gasteiger partial charge in [-0.2, -0.15) is 0 Å². The molecule has 0 spiro atoms. The van der Waals surface area contributed by atoms with Crippen LogP contribution in [0.15, 0.2) is 53.3 Å². The second-order valence-electron chi connectivity index (χ2n) is 8.09. The van der Waals surface area contributed by atoms with Crippen LogP contribution >= 0.6 is 11.6 Å². The Morgan fingerprint density at radius 3 is 2.60 bits per heavy atom. The fourth-order valence-corrected chi connectivity index (χ4v) is 4.36. The van der Waals surface area contributed by atoms with E-state index in [1.165, 1.54) is 17.1 Å². The van der Waals surface area contributed by atoms with Gasteiger partial charge in [-0.25, -0.2) is 17.9 Å². The molecule has 35 heavy (non-hydrogen) atoms. The van der Waals surface area contributed by atoms with Gasteiger partial charge < -0.3 is 19.5 Å². The largest absolute Gasteiger partial charge is 0.394 e. The highest BCUT2D eigenvalue weighted by Crippen LogP contribution is 2.41. The number of hydrogen-bond donors (Lipinski definition) is 2. The van der Waals surface area contributed by atoms with Gasteiger partial charge in [-0.1, -0.05) is 34.1 Å². The quantitative estimate of drug-likeness (QED) is 0.393. The Balaban J connectivity index is 1.47. The SMILES string of the molecule is OCC1OC(c2oncc2-c2cccc(Cl)c2)CC(n2cc(-c3cc(F)c(F)c(F)c3)nn2)C1O. The summed E-state index contributed by atoms with van der Waals surface area (Å²) in [6.07, 6.45) is 0.119. The molecule has 0 radical (unpaired) electrons. The first kappa shape index (κ1) is 23.5. The summed E-state index contributed by atoms with van der Waals surface area (Å²) < 4.78 is 53.4. The average Bonchev–Trinajstić information content (AvgIpc) is 3.53. The van der Waals surface area contributed by atoms with Crippen LogP contribution < -0.4 is 0 Å². The van der Waals surface area contributed by atoms with E-state index in [4.69, 9.17) is 20.9 Å². The number of halogens is 4. The first-order valence-corrected chi connectivity index (χ1v) is 10.9. The predicted molar refractivity (Wildman–Crippen MR) is 117 cm³/mol. The third-order valence-corrected chi connectivity index (χ3v) is 6.14. The molecule has 0 aliphatic carbocycles. The molecule has 4 unspecified atom stereocenters. The van der Waals surface area contributed by atoms with Crippen molar-refractivity contribution in [2.75, 3.05) is 6.61 Å². The fourth-order valence-electron chi connectivity index (χ4n) is 4.17. The average molecular weight is 507 g/mol. The number of rotatable bonds is 5. The summed E-state index contributed by atoms with van der Waals surface area (Å²) in [6, 6.07) is 7.92. The molecule has 1 aliphatic heterocycles. The van der Waals surface area contributed by atoms with Crippen LogP contribution in [0.25, 0.3) is 22.4 Å². The number of aliphatic hydroxyl groups is 2. The lowest BCUT2D eigenvalue weighted by Crippen LogP contribution is -2.45. The van der Waals surface area contributed by atoms with Crippen molar-refractivity contribution in [1.82, 2.24) is 20.2 Å². The molecule has 2 N–H and O–H groups in total. The van der Waals surface area contributed by atoms with Gasteiger partial charge in [0, 0.05) is 22.6 Å². The summed E-state index contributed by atoms with van der Waals surface area (Å²) >= 11 is 6.11. The maximum absolute atomic E-state index is 13.7. The summed E-state index contributed by atoms with van der Waals surface area (Å²) in [7, 11) is 0. The van der Waals surface area contributed by atoms with Crippen molar-refractivity contribution in [3.63, 3.8) is 0 Å². The van der Waals surface area contributed by atoms with E-state index in [-0.39, 0.29) is 17.7 Å². The van der Waals surface area contributed by atoms with Crippen LogP contribution in [0.3, 0.4) is 0 Å². The number of aromatic nitrogens is 4. The van der Waals surface area contributed by atoms with E-state index >= 15 is 0 Å². The van der Waals surface area contributed by atoms with Crippen molar-refractivity contribution in [3.8, 4) is 22.4 Å². The molecule has 0 bridgehead atoms. The standard InChI is InChI=1S/C23H18ClF3N4O4/c24-13-3-1-2-11(4-13)14-8-28-35-23(14)19-7-18(22(33)20(10-32)34-19)31-9-17(29-30-31)12-5-15(25)21(27)16(26)6-12/h1-6,8-9,18-20,22,32-33H,7,10H2. The van der Waals surface area contributed by atoms with Gasteiger partial charge in [0.05, 0.1) is 25.0 Å². The van der Waals surface area contributed by atoms with Crippen molar-refractivity contribution in [1.29, 1.82) is 0 Å². The lowest BCUT2D eigenvalue weighted by atomic mass is 9.92. The number of benzene rings is 2. The summed E-state index contributed by atoms with van der Waals surface area (Å²) in [5.74, 6) is -3.94. The molecule has 1 aliphatic rings. The van der Waals surface area contributed by atoms with Gasteiger partial charge >= 0.3 is 0 Å². The highest BCUT2D eigenvalue weighted by atomic mass is 35.5. The zero-order valence-electron chi connectivity index (χ0n) is 17.9. The van der Waals surface area contributed by atoms with Crippen LogP contribution in [-0.4, -0.2) is 49.2 Å².